The van der Waals surface area contributed by atoms with Crippen molar-refractivity contribution in [1.29, 1.82) is 0 Å². The third-order valence-electron chi connectivity index (χ3n) is 7.84. The number of rotatable bonds is 7. The summed E-state index contributed by atoms with van der Waals surface area (Å²) in [6.45, 7) is 8.58. The van der Waals surface area contributed by atoms with Crippen molar-refractivity contribution in [3.8, 4) is 0 Å². The molecule has 0 spiro atoms. The van der Waals surface area contributed by atoms with Crippen molar-refractivity contribution < 1.29 is 4.74 Å². The van der Waals surface area contributed by atoms with Gasteiger partial charge in [-0.05, 0) is 68.9 Å². The maximum Gasteiger partial charge on any atom is 0.227 e. The molecule has 37 heavy (non-hydrogen) atoms. The second-order valence-corrected chi connectivity index (χ2v) is 10.2. The van der Waals surface area contributed by atoms with E-state index in [0.29, 0.717) is 18.1 Å². The van der Waals surface area contributed by atoms with Crippen LogP contribution >= 0.6 is 0 Å². The minimum Gasteiger partial charge on any atom is -0.381 e. The summed E-state index contributed by atoms with van der Waals surface area (Å²) in [7, 11) is 1.82. The summed E-state index contributed by atoms with van der Waals surface area (Å²) in [6.07, 6.45) is 9.54. The van der Waals surface area contributed by atoms with Gasteiger partial charge in [-0.2, -0.15) is 0 Å². The summed E-state index contributed by atoms with van der Waals surface area (Å²) in [5.41, 5.74) is 4.34. The highest BCUT2D eigenvalue weighted by Gasteiger charge is 2.31. The van der Waals surface area contributed by atoms with Crippen molar-refractivity contribution in [3.63, 3.8) is 0 Å². The Kier molecular flexibility index (Phi) is 8.41. The van der Waals surface area contributed by atoms with Gasteiger partial charge in [0.15, 0.2) is 0 Å². The fraction of sp³-hybridized carbons (Fsp3) is 0.533. The molecule has 1 aliphatic heterocycles. The van der Waals surface area contributed by atoms with Gasteiger partial charge in [-0.3, -0.25) is 4.90 Å². The van der Waals surface area contributed by atoms with E-state index in [4.69, 9.17) is 9.72 Å². The van der Waals surface area contributed by atoms with Crippen LogP contribution < -0.4 is 15.5 Å². The molecule has 3 aliphatic rings. The first-order chi connectivity index (χ1) is 18.2. The van der Waals surface area contributed by atoms with Crippen molar-refractivity contribution in [2.24, 2.45) is 0 Å². The van der Waals surface area contributed by atoms with E-state index in [0.717, 1.165) is 67.1 Å². The Hall–Kier alpha value is -2.90. The number of ether oxygens (including phenoxy) is 1. The van der Waals surface area contributed by atoms with Gasteiger partial charge in [-0.25, -0.2) is 9.97 Å². The molecule has 6 rings (SSSR count). The predicted octanol–water partition coefficient (Wildman–Crippen LogP) is 6.05. The molecular formula is C30H42N6O. The van der Waals surface area contributed by atoms with E-state index < -0.39 is 0 Å². The number of hydrogen-bond acceptors (Lipinski definition) is 7. The standard InChI is InChI=1S/C28H36N6O.C2H6/c1-35-25-13-7-21(8-14-25)30-26-4-2-3-20-19-29-28(32-27(20)26)31-22-5-9-23(10-6-22)33-15-17-34(18-16-33)24-11-12-24;1-2/h2-6,9-10,19,21,24-25,30H,7-8,11-18H2,1H3,(H,29,31,32);1-2H3. The molecule has 1 aromatic heterocycles. The highest BCUT2D eigenvalue weighted by Crippen LogP contribution is 2.30. The van der Waals surface area contributed by atoms with Crippen LogP contribution in [-0.4, -0.2) is 66.3 Å². The van der Waals surface area contributed by atoms with Crippen LogP contribution in [0.4, 0.5) is 23.0 Å². The van der Waals surface area contributed by atoms with Crippen molar-refractivity contribution in [1.82, 2.24) is 14.9 Å². The third kappa shape index (κ3) is 6.33. The van der Waals surface area contributed by atoms with E-state index in [1.165, 1.54) is 31.6 Å². The highest BCUT2D eigenvalue weighted by atomic mass is 16.5. The lowest BCUT2D eigenvalue weighted by molar-refractivity contribution is 0.0682. The Morgan fingerprint density at radius 1 is 0.865 bits per heavy atom. The lowest BCUT2D eigenvalue weighted by Gasteiger charge is -2.36. The fourth-order valence-electron chi connectivity index (χ4n) is 5.56. The Bertz CT molecular complexity index is 1130. The second kappa shape index (κ2) is 12.1. The van der Waals surface area contributed by atoms with Crippen LogP contribution in [-0.2, 0) is 4.74 Å². The molecule has 7 nitrogen and oxygen atoms in total. The van der Waals surface area contributed by atoms with E-state index in [9.17, 15) is 0 Å². The van der Waals surface area contributed by atoms with Crippen LogP contribution in [0.3, 0.4) is 0 Å². The Morgan fingerprint density at radius 3 is 2.27 bits per heavy atom. The number of para-hydroxylation sites is 1. The lowest BCUT2D eigenvalue weighted by atomic mass is 9.92. The number of benzene rings is 2. The number of hydrogen-bond donors (Lipinski definition) is 2. The fourth-order valence-corrected chi connectivity index (χ4v) is 5.56. The van der Waals surface area contributed by atoms with Gasteiger partial charge in [-0.15, -0.1) is 0 Å². The minimum absolute atomic E-state index is 0.400. The van der Waals surface area contributed by atoms with Gasteiger partial charge in [-0.1, -0.05) is 26.0 Å². The molecule has 3 fully saturated rings. The smallest absolute Gasteiger partial charge is 0.227 e. The van der Waals surface area contributed by atoms with Crippen LogP contribution in [0.25, 0.3) is 10.9 Å². The van der Waals surface area contributed by atoms with Crippen molar-refractivity contribution in [2.75, 3.05) is 48.8 Å². The molecule has 2 N–H and O–H groups in total. The van der Waals surface area contributed by atoms with Crippen LogP contribution in [0.2, 0.25) is 0 Å². The third-order valence-corrected chi connectivity index (χ3v) is 7.84. The Balaban J connectivity index is 0.00000137. The molecule has 2 aliphatic carbocycles. The largest absolute Gasteiger partial charge is 0.381 e. The van der Waals surface area contributed by atoms with E-state index in [1.807, 2.05) is 27.2 Å². The maximum atomic E-state index is 5.53. The molecule has 2 aromatic carbocycles. The predicted molar refractivity (Wildman–Crippen MR) is 154 cm³/mol. The van der Waals surface area contributed by atoms with E-state index in [1.54, 1.807) is 0 Å². The number of fused-ring (bicyclic) bond motifs is 1. The average molecular weight is 503 g/mol. The molecule has 0 radical (unpaired) electrons. The number of aromatic nitrogens is 2. The lowest BCUT2D eigenvalue weighted by Crippen LogP contribution is -2.47. The first-order valence-electron chi connectivity index (χ1n) is 14.2. The van der Waals surface area contributed by atoms with Gasteiger partial charge in [0.2, 0.25) is 5.95 Å². The average Bonchev–Trinajstić information content (AvgIpc) is 3.81. The molecule has 0 amide bonds. The van der Waals surface area contributed by atoms with Gasteiger partial charge in [0.05, 0.1) is 17.3 Å². The molecule has 3 aromatic rings. The topological polar surface area (TPSA) is 65.6 Å². The SMILES string of the molecule is CC.COC1CCC(Nc2cccc3cnc(Nc4ccc(N5CCN(C6CC6)CC5)cc4)nc23)CC1. The molecule has 2 heterocycles. The Morgan fingerprint density at radius 2 is 1.59 bits per heavy atom. The summed E-state index contributed by atoms with van der Waals surface area (Å²) < 4.78 is 5.53. The maximum absolute atomic E-state index is 5.53. The van der Waals surface area contributed by atoms with E-state index in [2.05, 4.69) is 67.9 Å². The summed E-state index contributed by atoms with van der Waals surface area (Å²) in [6, 6.07) is 16.3. The van der Waals surface area contributed by atoms with Gasteiger partial charge in [0, 0.05) is 68.3 Å². The van der Waals surface area contributed by atoms with Crippen molar-refractivity contribution in [2.45, 2.75) is 70.6 Å². The van der Waals surface area contributed by atoms with Crippen LogP contribution in [0.15, 0.2) is 48.7 Å². The van der Waals surface area contributed by atoms with Crippen LogP contribution in [0, 0.1) is 0 Å². The molecule has 0 bridgehead atoms. The zero-order chi connectivity index (χ0) is 25.6. The van der Waals surface area contributed by atoms with Gasteiger partial charge >= 0.3 is 0 Å². The van der Waals surface area contributed by atoms with E-state index >= 15 is 0 Å². The number of piperazine rings is 1. The molecule has 0 atom stereocenters. The number of nitrogens with one attached hydrogen (secondary N) is 2. The van der Waals surface area contributed by atoms with Crippen molar-refractivity contribution in [3.05, 3.63) is 48.7 Å². The van der Waals surface area contributed by atoms with Crippen LogP contribution in [0.1, 0.15) is 52.4 Å². The first-order valence-corrected chi connectivity index (χ1v) is 14.2. The molecule has 198 valence electrons. The Labute approximate surface area is 221 Å². The van der Waals surface area contributed by atoms with E-state index in [-0.39, 0.29) is 0 Å². The molecular weight excluding hydrogens is 460 g/mol. The summed E-state index contributed by atoms with van der Waals surface area (Å²) in [5.74, 6) is 0.626. The second-order valence-electron chi connectivity index (χ2n) is 10.2. The normalized spacial score (nSPS) is 22.3. The van der Waals surface area contributed by atoms with Crippen LogP contribution in [0.5, 0.6) is 0 Å². The molecule has 1 saturated heterocycles. The van der Waals surface area contributed by atoms with Gasteiger partial charge < -0.3 is 20.3 Å². The number of anilines is 4. The zero-order valence-electron chi connectivity index (χ0n) is 22.6. The first kappa shape index (κ1) is 25.7. The summed E-state index contributed by atoms with van der Waals surface area (Å²) in [5, 5.41) is 8.19. The number of nitrogens with zero attached hydrogens (tertiary/aromatic N) is 4. The summed E-state index contributed by atoms with van der Waals surface area (Å²) in [4.78, 5) is 14.6. The van der Waals surface area contributed by atoms with Crippen molar-refractivity contribution >= 4 is 33.9 Å². The monoisotopic (exact) mass is 502 g/mol. The quantitative estimate of drug-likeness (QED) is 0.407. The van der Waals surface area contributed by atoms with Gasteiger partial charge in [0.1, 0.15) is 0 Å². The molecule has 0 unspecified atom stereocenters. The summed E-state index contributed by atoms with van der Waals surface area (Å²) >= 11 is 0. The number of methoxy groups -OCH3 is 1. The zero-order valence-corrected chi connectivity index (χ0v) is 22.6. The highest BCUT2D eigenvalue weighted by molar-refractivity contribution is 5.90. The molecule has 2 saturated carbocycles. The van der Waals surface area contributed by atoms with Gasteiger partial charge in [0.25, 0.3) is 0 Å². The minimum atomic E-state index is 0.400. The molecule has 7 heteroatoms.